The Balaban J connectivity index is 2.01. The molecule has 0 aliphatic carbocycles. The highest BCUT2D eigenvalue weighted by Crippen LogP contribution is 2.31. The second kappa shape index (κ2) is 9.35. The maximum absolute atomic E-state index is 13.3. The number of halogens is 1. The summed E-state index contributed by atoms with van der Waals surface area (Å²) in [7, 11) is 1.59. The third kappa shape index (κ3) is 4.68. The smallest absolute Gasteiger partial charge is 0.310 e. The van der Waals surface area contributed by atoms with Gasteiger partial charge in [0.25, 0.3) is 5.91 Å². The lowest BCUT2D eigenvalue weighted by molar-refractivity contribution is -0.143. The van der Waals surface area contributed by atoms with Crippen LogP contribution in [0, 0.1) is 12.8 Å². The third-order valence-corrected chi connectivity index (χ3v) is 5.37. The molecule has 1 heterocycles. The van der Waals surface area contributed by atoms with E-state index in [1.165, 1.54) is 0 Å². The van der Waals surface area contributed by atoms with Crippen molar-refractivity contribution in [3.05, 3.63) is 64.3 Å². The van der Waals surface area contributed by atoms with Gasteiger partial charge in [0, 0.05) is 21.7 Å². The first-order chi connectivity index (χ1) is 14.3. The van der Waals surface area contributed by atoms with Gasteiger partial charge in [-0.2, -0.15) is 0 Å². The highest BCUT2D eigenvalue weighted by atomic mass is 35.5. The first-order valence-corrected chi connectivity index (χ1v) is 10.3. The van der Waals surface area contributed by atoms with Gasteiger partial charge in [-0.1, -0.05) is 25.4 Å². The van der Waals surface area contributed by atoms with E-state index in [4.69, 9.17) is 21.1 Å². The lowest BCUT2D eigenvalue weighted by Crippen LogP contribution is -2.15. The number of carbonyl (C=O) groups is 2. The number of aromatic nitrogens is 1. The molecule has 1 aromatic heterocycles. The van der Waals surface area contributed by atoms with E-state index in [0.717, 1.165) is 22.9 Å². The van der Waals surface area contributed by atoms with Gasteiger partial charge < -0.3 is 9.47 Å². The number of hydrogen-bond acceptors (Lipinski definition) is 4. The zero-order valence-corrected chi connectivity index (χ0v) is 18.5. The fourth-order valence-electron chi connectivity index (χ4n) is 3.40. The number of ether oxygens (including phenoxy) is 2. The van der Waals surface area contributed by atoms with Crippen LogP contribution in [-0.4, -0.2) is 30.2 Å². The summed E-state index contributed by atoms with van der Waals surface area (Å²) in [5.41, 5.74) is 2.71. The van der Waals surface area contributed by atoms with Crippen LogP contribution in [0.1, 0.15) is 41.9 Å². The minimum atomic E-state index is -0.306. The van der Waals surface area contributed by atoms with E-state index < -0.39 is 0 Å². The summed E-state index contributed by atoms with van der Waals surface area (Å²) < 4.78 is 12.4. The Bertz CT molecular complexity index is 1070. The van der Waals surface area contributed by atoms with Crippen LogP contribution in [0.25, 0.3) is 10.9 Å². The average molecular weight is 428 g/mol. The maximum atomic E-state index is 13.3. The molecule has 0 saturated heterocycles. The van der Waals surface area contributed by atoms with Crippen LogP contribution in [0.3, 0.4) is 0 Å². The Kier molecular flexibility index (Phi) is 6.83. The summed E-state index contributed by atoms with van der Waals surface area (Å²) in [5.74, 6) is 0.633. The van der Waals surface area contributed by atoms with Gasteiger partial charge in [-0.25, -0.2) is 0 Å². The van der Waals surface area contributed by atoms with Crippen LogP contribution in [0.2, 0.25) is 5.02 Å². The quantitative estimate of drug-likeness (QED) is 0.471. The maximum Gasteiger partial charge on any atom is 0.310 e. The van der Waals surface area contributed by atoms with Crippen LogP contribution < -0.4 is 4.74 Å². The number of carbonyl (C=O) groups excluding carboxylic acids is 2. The molecule has 0 radical (unpaired) electrons. The molecule has 0 atom stereocenters. The summed E-state index contributed by atoms with van der Waals surface area (Å²) in [5, 5.41) is 1.37. The molecule has 0 aliphatic heterocycles. The van der Waals surface area contributed by atoms with E-state index in [2.05, 4.69) is 13.8 Å². The molecule has 0 saturated carbocycles. The normalized spacial score (nSPS) is 11.1. The van der Waals surface area contributed by atoms with Gasteiger partial charge in [-0.05, 0) is 67.3 Å². The molecule has 0 N–H and O–H groups in total. The van der Waals surface area contributed by atoms with Crippen LogP contribution in [0.4, 0.5) is 0 Å². The molecular formula is C24H26ClNO4. The molecule has 158 valence electrons. The van der Waals surface area contributed by atoms with Crippen molar-refractivity contribution in [3.63, 3.8) is 0 Å². The number of rotatable bonds is 7. The van der Waals surface area contributed by atoms with Crippen LogP contribution in [0.5, 0.6) is 5.75 Å². The lowest BCUT2D eigenvalue weighted by atomic mass is 10.1. The Morgan fingerprint density at radius 3 is 2.43 bits per heavy atom. The second-order valence-corrected chi connectivity index (χ2v) is 8.11. The zero-order chi connectivity index (χ0) is 21.8. The summed E-state index contributed by atoms with van der Waals surface area (Å²) in [6, 6.07) is 12.3. The predicted molar refractivity (Wildman–Crippen MR) is 119 cm³/mol. The van der Waals surface area contributed by atoms with E-state index in [1.54, 1.807) is 42.0 Å². The van der Waals surface area contributed by atoms with Gasteiger partial charge in [-0.15, -0.1) is 0 Å². The van der Waals surface area contributed by atoms with E-state index in [1.807, 2.05) is 19.1 Å². The molecule has 0 fully saturated rings. The molecule has 0 aliphatic rings. The second-order valence-electron chi connectivity index (χ2n) is 7.67. The lowest BCUT2D eigenvalue weighted by Gasteiger charge is -2.09. The van der Waals surface area contributed by atoms with Gasteiger partial charge in [0.1, 0.15) is 5.75 Å². The van der Waals surface area contributed by atoms with E-state index in [0.29, 0.717) is 34.6 Å². The van der Waals surface area contributed by atoms with Crippen molar-refractivity contribution in [2.24, 2.45) is 5.92 Å². The van der Waals surface area contributed by atoms with Crippen molar-refractivity contribution < 1.29 is 19.1 Å². The van der Waals surface area contributed by atoms with Gasteiger partial charge in [-0.3, -0.25) is 14.2 Å². The minimum absolute atomic E-state index is 0.0918. The molecule has 0 unspecified atom stereocenters. The zero-order valence-electron chi connectivity index (χ0n) is 17.7. The largest absolute Gasteiger partial charge is 0.497 e. The van der Waals surface area contributed by atoms with Crippen molar-refractivity contribution in [1.29, 1.82) is 0 Å². The third-order valence-electron chi connectivity index (χ3n) is 5.12. The van der Waals surface area contributed by atoms with Gasteiger partial charge in [0.05, 0.1) is 25.7 Å². The monoisotopic (exact) mass is 427 g/mol. The molecular weight excluding hydrogens is 402 g/mol. The first-order valence-electron chi connectivity index (χ1n) is 9.95. The molecule has 2 aromatic carbocycles. The minimum Gasteiger partial charge on any atom is -0.497 e. The van der Waals surface area contributed by atoms with E-state index in [9.17, 15) is 9.59 Å². The Hall–Kier alpha value is -2.79. The molecule has 0 bridgehead atoms. The van der Waals surface area contributed by atoms with E-state index >= 15 is 0 Å². The van der Waals surface area contributed by atoms with Crippen molar-refractivity contribution >= 4 is 34.4 Å². The molecule has 3 rings (SSSR count). The molecule has 5 nitrogen and oxygen atoms in total. The molecule has 0 amide bonds. The van der Waals surface area contributed by atoms with Crippen molar-refractivity contribution in [2.45, 2.75) is 33.6 Å². The van der Waals surface area contributed by atoms with Crippen molar-refractivity contribution in [2.75, 3.05) is 13.7 Å². The standard InChI is InChI=1S/C24H26ClNO4/c1-15(2)11-12-30-23(27)14-20-16(3)26(22-10-9-19(29-4)13-21(20)22)24(28)17-5-7-18(25)8-6-17/h5-10,13,15H,11-12,14H2,1-4H3. The molecule has 6 heteroatoms. The number of benzene rings is 2. The molecule has 0 spiro atoms. The Labute approximate surface area is 181 Å². The highest BCUT2D eigenvalue weighted by Gasteiger charge is 2.22. The summed E-state index contributed by atoms with van der Waals surface area (Å²) >= 11 is 5.96. The Morgan fingerprint density at radius 1 is 1.10 bits per heavy atom. The van der Waals surface area contributed by atoms with Gasteiger partial charge >= 0.3 is 5.97 Å². The van der Waals surface area contributed by atoms with Crippen LogP contribution in [-0.2, 0) is 16.0 Å². The van der Waals surface area contributed by atoms with Crippen molar-refractivity contribution in [1.82, 2.24) is 4.57 Å². The number of fused-ring (bicyclic) bond motifs is 1. The average Bonchev–Trinajstić information content (AvgIpc) is 2.98. The summed E-state index contributed by atoms with van der Waals surface area (Å²) in [6.07, 6.45) is 0.907. The highest BCUT2D eigenvalue weighted by molar-refractivity contribution is 6.30. The summed E-state index contributed by atoms with van der Waals surface area (Å²) in [4.78, 5) is 25.7. The summed E-state index contributed by atoms with van der Waals surface area (Å²) in [6.45, 7) is 6.40. The number of hydrogen-bond donors (Lipinski definition) is 0. The van der Waals surface area contributed by atoms with Crippen LogP contribution in [0.15, 0.2) is 42.5 Å². The van der Waals surface area contributed by atoms with Crippen molar-refractivity contribution in [3.8, 4) is 5.75 Å². The fraction of sp³-hybridized carbons (Fsp3) is 0.333. The predicted octanol–water partition coefficient (Wildman–Crippen LogP) is 5.43. The van der Waals surface area contributed by atoms with E-state index in [-0.39, 0.29) is 18.3 Å². The molecule has 30 heavy (non-hydrogen) atoms. The SMILES string of the molecule is COc1ccc2c(c1)c(CC(=O)OCCC(C)C)c(C)n2C(=O)c1ccc(Cl)cc1. The fourth-order valence-corrected chi connectivity index (χ4v) is 3.53. The number of methoxy groups -OCH3 is 1. The first kappa shape index (κ1) is 21.9. The number of nitrogens with zero attached hydrogens (tertiary/aromatic N) is 1. The topological polar surface area (TPSA) is 57.5 Å². The van der Waals surface area contributed by atoms with Gasteiger partial charge in [0.15, 0.2) is 0 Å². The van der Waals surface area contributed by atoms with Crippen LogP contribution >= 0.6 is 11.6 Å². The number of esters is 1. The Morgan fingerprint density at radius 2 is 1.80 bits per heavy atom. The molecule has 3 aromatic rings. The van der Waals surface area contributed by atoms with Gasteiger partial charge in [0.2, 0.25) is 0 Å².